The first-order chi connectivity index (χ1) is 6.79. The summed E-state index contributed by atoms with van der Waals surface area (Å²) in [6, 6.07) is -0.0156. The first-order valence-corrected chi connectivity index (χ1v) is 5.12. The van der Waals surface area contributed by atoms with Crippen LogP contribution in [0.4, 0.5) is 0 Å². The van der Waals surface area contributed by atoms with Gasteiger partial charge in [0, 0.05) is 32.7 Å². The highest BCUT2D eigenvalue weighted by atomic mass is 16.5. The molecule has 2 saturated heterocycles. The van der Waals surface area contributed by atoms with Crippen molar-refractivity contribution < 1.29 is 9.53 Å². The molecule has 0 bridgehead atoms. The van der Waals surface area contributed by atoms with E-state index in [0.717, 1.165) is 26.1 Å². The maximum atomic E-state index is 12.0. The van der Waals surface area contributed by atoms with E-state index in [1.54, 1.807) is 0 Å². The lowest BCUT2D eigenvalue weighted by Gasteiger charge is -2.25. The first-order valence-electron chi connectivity index (χ1n) is 5.12. The number of Topliss-reactive ketones (excluding diaryl/α,β-unsaturated/α-hetero) is 1. The zero-order valence-electron chi connectivity index (χ0n) is 8.45. The van der Waals surface area contributed by atoms with Gasteiger partial charge in [0.05, 0.1) is 6.04 Å². The Balaban J connectivity index is 1.92. The van der Waals surface area contributed by atoms with Crippen LogP contribution in [0.5, 0.6) is 0 Å². The lowest BCUT2D eigenvalue weighted by atomic mass is 9.91. The van der Waals surface area contributed by atoms with Crippen molar-refractivity contribution in [3.63, 3.8) is 0 Å². The summed E-state index contributed by atoms with van der Waals surface area (Å²) in [6.07, 6.45) is 1.76. The number of hydrogen-bond acceptors (Lipinski definition) is 5. The van der Waals surface area contributed by atoms with Crippen LogP contribution in [-0.4, -0.2) is 43.6 Å². The monoisotopic (exact) mass is 199 g/mol. The molecule has 0 saturated carbocycles. The number of carbonyl (C=O) groups excluding carboxylic acids is 1. The summed E-state index contributed by atoms with van der Waals surface area (Å²) in [7, 11) is 1.89. The van der Waals surface area contributed by atoms with Crippen molar-refractivity contribution in [2.45, 2.75) is 18.9 Å². The highest BCUT2D eigenvalue weighted by Gasteiger charge is 2.33. The van der Waals surface area contributed by atoms with Crippen molar-refractivity contribution in [1.29, 1.82) is 0 Å². The molecular weight excluding hydrogens is 182 g/mol. The van der Waals surface area contributed by atoms with Gasteiger partial charge in [0.15, 0.2) is 5.78 Å². The number of rotatable bonds is 2. The van der Waals surface area contributed by atoms with Crippen molar-refractivity contribution >= 4 is 5.78 Å². The smallest absolute Gasteiger partial charge is 0.156 e. The quantitative estimate of drug-likeness (QED) is 0.616. The molecule has 2 rings (SSSR count). The maximum Gasteiger partial charge on any atom is 0.156 e. The molecule has 0 aromatic rings. The molecule has 0 spiro atoms. The topological polar surface area (TPSA) is 53.6 Å². The summed E-state index contributed by atoms with van der Waals surface area (Å²) >= 11 is 0. The van der Waals surface area contributed by atoms with Crippen LogP contribution in [0, 0.1) is 5.92 Å². The maximum absolute atomic E-state index is 12.0. The van der Waals surface area contributed by atoms with Crippen molar-refractivity contribution in [2.75, 3.05) is 26.8 Å². The van der Waals surface area contributed by atoms with Gasteiger partial charge in [-0.15, -0.1) is 0 Å². The van der Waals surface area contributed by atoms with Gasteiger partial charge in [-0.2, -0.15) is 5.53 Å². The minimum atomic E-state index is -0.0156. The van der Waals surface area contributed by atoms with E-state index in [1.807, 2.05) is 12.1 Å². The van der Waals surface area contributed by atoms with Gasteiger partial charge in [-0.3, -0.25) is 4.79 Å². The number of nitrogens with zero attached hydrogens (tertiary/aromatic N) is 1. The van der Waals surface area contributed by atoms with Gasteiger partial charge < -0.3 is 4.74 Å². The average molecular weight is 199 g/mol. The van der Waals surface area contributed by atoms with Crippen LogP contribution < -0.4 is 11.0 Å². The number of ketones is 1. The van der Waals surface area contributed by atoms with E-state index in [1.165, 1.54) is 0 Å². The summed E-state index contributed by atoms with van der Waals surface area (Å²) < 4.78 is 5.24. The Hall–Kier alpha value is -0.490. The van der Waals surface area contributed by atoms with E-state index >= 15 is 0 Å². The predicted molar refractivity (Wildman–Crippen MR) is 51.2 cm³/mol. The van der Waals surface area contributed by atoms with Gasteiger partial charge in [0.2, 0.25) is 0 Å². The zero-order chi connectivity index (χ0) is 9.97. The fourth-order valence-electron chi connectivity index (χ4n) is 2.03. The molecule has 80 valence electrons. The van der Waals surface area contributed by atoms with Crippen LogP contribution in [-0.2, 0) is 9.53 Å². The molecule has 1 atom stereocenters. The van der Waals surface area contributed by atoms with Crippen LogP contribution in [0.1, 0.15) is 12.8 Å². The third kappa shape index (κ3) is 1.95. The van der Waals surface area contributed by atoms with E-state index in [4.69, 9.17) is 4.74 Å². The second kappa shape index (κ2) is 4.35. The standard InChI is InChI=1S/C9H17N3O2/c1-12-8(6-10-11-12)9(13)7-2-4-14-5-3-7/h7-8,10-11H,2-6H2,1H3. The van der Waals surface area contributed by atoms with Crippen LogP contribution in [0.25, 0.3) is 0 Å². The van der Waals surface area contributed by atoms with Crippen LogP contribution in [0.2, 0.25) is 0 Å². The van der Waals surface area contributed by atoms with Crippen molar-refractivity contribution in [1.82, 2.24) is 16.0 Å². The van der Waals surface area contributed by atoms with E-state index in [-0.39, 0.29) is 12.0 Å². The summed E-state index contributed by atoms with van der Waals surface area (Å²) in [5.74, 6) is 0.534. The lowest BCUT2D eigenvalue weighted by Crippen LogP contribution is -2.43. The largest absolute Gasteiger partial charge is 0.381 e. The molecule has 2 heterocycles. The third-order valence-electron chi connectivity index (χ3n) is 2.97. The Morgan fingerprint density at radius 3 is 2.71 bits per heavy atom. The molecule has 14 heavy (non-hydrogen) atoms. The molecule has 2 N–H and O–H groups in total. The molecule has 2 aliphatic heterocycles. The van der Waals surface area contributed by atoms with E-state index in [9.17, 15) is 4.79 Å². The molecule has 0 aromatic heterocycles. The summed E-state index contributed by atoms with van der Waals surface area (Å²) in [6.45, 7) is 2.16. The summed E-state index contributed by atoms with van der Waals surface area (Å²) in [5, 5.41) is 1.85. The zero-order valence-corrected chi connectivity index (χ0v) is 8.45. The molecule has 0 amide bonds. The number of carbonyl (C=O) groups is 1. The highest BCUT2D eigenvalue weighted by Crippen LogP contribution is 2.19. The second-order valence-electron chi connectivity index (χ2n) is 3.91. The fourth-order valence-corrected chi connectivity index (χ4v) is 2.03. The second-order valence-corrected chi connectivity index (χ2v) is 3.91. The average Bonchev–Trinajstić information content (AvgIpc) is 2.65. The number of likely N-dealkylation sites (N-methyl/N-ethyl adjacent to an activating group) is 1. The summed E-state index contributed by atoms with van der Waals surface area (Å²) in [5.41, 5.74) is 5.89. The molecule has 5 nitrogen and oxygen atoms in total. The number of hydrazine groups is 2. The minimum Gasteiger partial charge on any atom is -0.381 e. The summed E-state index contributed by atoms with van der Waals surface area (Å²) in [4.78, 5) is 12.0. The van der Waals surface area contributed by atoms with E-state index < -0.39 is 0 Å². The molecular formula is C9H17N3O2. The third-order valence-corrected chi connectivity index (χ3v) is 2.97. The van der Waals surface area contributed by atoms with Gasteiger partial charge in [-0.25, -0.2) is 10.4 Å². The molecule has 0 aliphatic carbocycles. The molecule has 5 heteroatoms. The molecule has 0 radical (unpaired) electrons. The van der Waals surface area contributed by atoms with Gasteiger partial charge in [-0.1, -0.05) is 0 Å². The van der Waals surface area contributed by atoms with Crippen molar-refractivity contribution in [2.24, 2.45) is 5.92 Å². The van der Waals surface area contributed by atoms with Gasteiger partial charge in [0.25, 0.3) is 0 Å². The lowest BCUT2D eigenvalue weighted by molar-refractivity contribution is -0.129. The molecule has 2 fully saturated rings. The van der Waals surface area contributed by atoms with Gasteiger partial charge in [0.1, 0.15) is 0 Å². The van der Waals surface area contributed by atoms with Crippen molar-refractivity contribution in [3.8, 4) is 0 Å². The van der Waals surface area contributed by atoms with Gasteiger partial charge >= 0.3 is 0 Å². The number of hydrogen-bond donors (Lipinski definition) is 2. The van der Waals surface area contributed by atoms with Gasteiger partial charge in [-0.05, 0) is 12.8 Å². The number of ether oxygens (including phenoxy) is 1. The Labute approximate surface area is 83.7 Å². The van der Waals surface area contributed by atoms with Crippen LogP contribution in [0.3, 0.4) is 0 Å². The first kappa shape index (κ1) is 10.0. The van der Waals surface area contributed by atoms with E-state index in [2.05, 4.69) is 11.0 Å². The van der Waals surface area contributed by atoms with Crippen molar-refractivity contribution in [3.05, 3.63) is 0 Å². The van der Waals surface area contributed by atoms with E-state index in [0.29, 0.717) is 12.3 Å². The number of nitrogens with one attached hydrogen (secondary N) is 2. The molecule has 0 aromatic carbocycles. The fraction of sp³-hybridized carbons (Fsp3) is 0.889. The highest BCUT2D eigenvalue weighted by molar-refractivity contribution is 5.86. The van der Waals surface area contributed by atoms with Crippen LogP contribution in [0.15, 0.2) is 0 Å². The molecule has 1 unspecified atom stereocenters. The van der Waals surface area contributed by atoms with Crippen LogP contribution >= 0.6 is 0 Å². The molecule has 2 aliphatic rings. The normalized spacial score (nSPS) is 30.8. The predicted octanol–water partition coefficient (Wildman–Crippen LogP) is -0.695. The Kier molecular flexibility index (Phi) is 3.12. The Morgan fingerprint density at radius 1 is 1.43 bits per heavy atom. The Bertz CT molecular complexity index is 216. The SMILES string of the molecule is CN1NNCC1C(=O)C1CCOCC1. The minimum absolute atomic E-state index is 0.0156. The Morgan fingerprint density at radius 2 is 2.14 bits per heavy atom.